The summed E-state index contributed by atoms with van der Waals surface area (Å²) in [6.07, 6.45) is 4.07. The van der Waals surface area contributed by atoms with Crippen LogP contribution in [-0.2, 0) is 11.3 Å². The summed E-state index contributed by atoms with van der Waals surface area (Å²) in [5, 5.41) is 0. The number of alkyl halides is 1. The Balaban J connectivity index is 1.94. The van der Waals surface area contributed by atoms with Crippen LogP contribution in [0.1, 0.15) is 12.1 Å². The fourth-order valence-corrected chi connectivity index (χ4v) is 2.57. The van der Waals surface area contributed by atoms with Crippen LogP contribution in [0.3, 0.4) is 0 Å². The van der Waals surface area contributed by atoms with Gasteiger partial charge in [0.1, 0.15) is 5.65 Å². The van der Waals surface area contributed by atoms with Gasteiger partial charge in [-0.2, -0.15) is 0 Å². The molecule has 0 fully saturated rings. The van der Waals surface area contributed by atoms with Crippen molar-refractivity contribution < 1.29 is 4.79 Å². The minimum atomic E-state index is 0.00656. The fourth-order valence-electron chi connectivity index (χ4n) is 2.41. The zero-order valence-electron chi connectivity index (χ0n) is 12.0. The van der Waals surface area contributed by atoms with Crippen molar-refractivity contribution in [1.29, 1.82) is 0 Å². The standard InChI is InChI=1S/C17H16ClN3O/c18-10-9-17(22)21(14-6-2-1-3-7-14)13-15-12-19-16-8-4-5-11-20(15)16/h1-8,11-12H,9-10,13H2. The first-order chi connectivity index (χ1) is 10.8. The van der Waals surface area contributed by atoms with Crippen LogP contribution < -0.4 is 4.90 Å². The number of anilines is 1. The van der Waals surface area contributed by atoms with Crippen LogP contribution in [0.25, 0.3) is 5.65 Å². The normalized spacial score (nSPS) is 10.8. The molecule has 0 aliphatic rings. The number of nitrogens with zero attached hydrogens (tertiary/aromatic N) is 3. The largest absolute Gasteiger partial charge is 0.306 e. The van der Waals surface area contributed by atoms with Crippen LogP contribution in [0.4, 0.5) is 5.69 Å². The molecule has 3 aromatic rings. The maximum absolute atomic E-state index is 12.4. The topological polar surface area (TPSA) is 37.6 Å². The first kappa shape index (κ1) is 14.6. The molecule has 0 unspecified atom stereocenters. The lowest BCUT2D eigenvalue weighted by Crippen LogP contribution is -2.31. The molecule has 0 radical (unpaired) electrons. The van der Waals surface area contributed by atoms with E-state index in [1.807, 2.05) is 59.1 Å². The summed E-state index contributed by atoms with van der Waals surface area (Å²) >= 11 is 5.74. The summed E-state index contributed by atoms with van der Waals surface area (Å²) in [6, 6.07) is 15.5. The van der Waals surface area contributed by atoms with E-state index in [2.05, 4.69) is 4.98 Å². The summed E-state index contributed by atoms with van der Waals surface area (Å²) in [7, 11) is 0. The minimum Gasteiger partial charge on any atom is -0.306 e. The van der Waals surface area contributed by atoms with Gasteiger partial charge in [-0.3, -0.25) is 4.79 Å². The number of imidazole rings is 1. The van der Waals surface area contributed by atoms with Crippen LogP contribution in [0, 0.1) is 0 Å². The highest BCUT2D eigenvalue weighted by Crippen LogP contribution is 2.19. The molecule has 112 valence electrons. The van der Waals surface area contributed by atoms with E-state index in [4.69, 9.17) is 11.6 Å². The molecule has 0 aliphatic carbocycles. The number of amides is 1. The monoisotopic (exact) mass is 313 g/mol. The maximum Gasteiger partial charge on any atom is 0.228 e. The molecule has 0 spiro atoms. The van der Waals surface area contributed by atoms with Crippen molar-refractivity contribution in [2.75, 3.05) is 10.8 Å². The van der Waals surface area contributed by atoms with Gasteiger partial charge in [0, 0.05) is 24.2 Å². The van der Waals surface area contributed by atoms with Crippen molar-refractivity contribution in [1.82, 2.24) is 9.38 Å². The highest BCUT2D eigenvalue weighted by Gasteiger charge is 2.17. The van der Waals surface area contributed by atoms with Crippen LogP contribution >= 0.6 is 11.6 Å². The predicted molar refractivity (Wildman–Crippen MR) is 88.2 cm³/mol. The van der Waals surface area contributed by atoms with Gasteiger partial charge in [-0.25, -0.2) is 4.98 Å². The van der Waals surface area contributed by atoms with E-state index in [9.17, 15) is 4.79 Å². The van der Waals surface area contributed by atoms with Crippen LogP contribution in [-0.4, -0.2) is 21.2 Å². The second-order valence-electron chi connectivity index (χ2n) is 4.93. The van der Waals surface area contributed by atoms with E-state index < -0.39 is 0 Å². The Morgan fingerprint density at radius 3 is 2.68 bits per heavy atom. The Kier molecular flexibility index (Phi) is 4.39. The molecule has 0 saturated carbocycles. The van der Waals surface area contributed by atoms with E-state index in [1.165, 1.54) is 0 Å². The number of halogens is 1. The zero-order chi connectivity index (χ0) is 15.4. The quantitative estimate of drug-likeness (QED) is 0.676. The lowest BCUT2D eigenvalue weighted by Gasteiger charge is -2.22. The third-order valence-electron chi connectivity index (χ3n) is 3.49. The van der Waals surface area contributed by atoms with Crippen LogP contribution in [0.5, 0.6) is 0 Å². The lowest BCUT2D eigenvalue weighted by atomic mass is 10.2. The second kappa shape index (κ2) is 6.62. The lowest BCUT2D eigenvalue weighted by molar-refractivity contribution is -0.118. The average molecular weight is 314 g/mol. The van der Waals surface area contributed by atoms with E-state index in [-0.39, 0.29) is 5.91 Å². The highest BCUT2D eigenvalue weighted by molar-refractivity contribution is 6.19. The number of para-hydroxylation sites is 1. The van der Waals surface area contributed by atoms with Crippen LogP contribution in [0.15, 0.2) is 60.9 Å². The number of carbonyl (C=O) groups excluding carboxylic acids is 1. The average Bonchev–Trinajstić information content (AvgIpc) is 2.97. The number of aromatic nitrogens is 2. The van der Waals surface area contributed by atoms with Gasteiger partial charge in [-0.15, -0.1) is 11.6 Å². The van der Waals surface area contributed by atoms with E-state index >= 15 is 0 Å². The number of carbonyl (C=O) groups is 1. The molecule has 5 heteroatoms. The summed E-state index contributed by atoms with van der Waals surface area (Å²) in [6.45, 7) is 0.463. The smallest absolute Gasteiger partial charge is 0.228 e. The van der Waals surface area contributed by atoms with E-state index in [1.54, 1.807) is 11.1 Å². The van der Waals surface area contributed by atoms with Crippen molar-refractivity contribution in [3.63, 3.8) is 0 Å². The molecule has 3 rings (SSSR count). The molecule has 1 amide bonds. The number of hydrogen-bond donors (Lipinski definition) is 0. The van der Waals surface area contributed by atoms with Gasteiger partial charge in [0.15, 0.2) is 0 Å². The first-order valence-electron chi connectivity index (χ1n) is 7.12. The third-order valence-corrected chi connectivity index (χ3v) is 3.68. The zero-order valence-corrected chi connectivity index (χ0v) is 12.8. The number of pyridine rings is 1. The summed E-state index contributed by atoms with van der Waals surface area (Å²) in [4.78, 5) is 18.5. The molecule has 2 aromatic heterocycles. The minimum absolute atomic E-state index is 0.00656. The number of benzene rings is 1. The Labute approximate surface area is 134 Å². The van der Waals surface area contributed by atoms with Gasteiger partial charge in [0.05, 0.1) is 18.4 Å². The van der Waals surface area contributed by atoms with E-state index in [0.29, 0.717) is 18.8 Å². The van der Waals surface area contributed by atoms with Gasteiger partial charge in [-0.05, 0) is 24.3 Å². The van der Waals surface area contributed by atoms with Crippen LogP contribution in [0.2, 0.25) is 0 Å². The van der Waals surface area contributed by atoms with Crippen molar-refractivity contribution in [2.45, 2.75) is 13.0 Å². The Hall–Kier alpha value is -2.33. The van der Waals surface area contributed by atoms with Crippen molar-refractivity contribution in [2.24, 2.45) is 0 Å². The number of rotatable bonds is 5. The van der Waals surface area contributed by atoms with Gasteiger partial charge in [0.25, 0.3) is 0 Å². The Morgan fingerprint density at radius 1 is 1.14 bits per heavy atom. The van der Waals surface area contributed by atoms with Crippen molar-refractivity contribution in [3.05, 3.63) is 66.6 Å². The molecular weight excluding hydrogens is 298 g/mol. The number of hydrogen-bond acceptors (Lipinski definition) is 2. The van der Waals surface area contributed by atoms with Gasteiger partial charge >= 0.3 is 0 Å². The second-order valence-corrected chi connectivity index (χ2v) is 5.31. The Bertz CT molecular complexity index is 770. The molecule has 0 bridgehead atoms. The molecule has 22 heavy (non-hydrogen) atoms. The molecule has 4 nitrogen and oxygen atoms in total. The van der Waals surface area contributed by atoms with Gasteiger partial charge in [0.2, 0.25) is 5.91 Å². The third kappa shape index (κ3) is 2.97. The van der Waals surface area contributed by atoms with Gasteiger partial charge < -0.3 is 9.30 Å². The summed E-state index contributed by atoms with van der Waals surface area (Å²) in [5.41, 5.74) is 2.70. The molecule has 1 aromatic carbocycles. The van der Waals surface area contributed by atoms with Gasteiger partial charge in [-0.1, -0.05) is 24.3 Å². The fraction of sp³-hybridized carbons (Fsp3) is 0.176. The summed E-state index contributed by atoms with van der Waals surface area (Å²) in [5.74, 6) is 0.321. The summed E-state index contributed by atoms with van der Waals surface area (Å²) < 4.78 is 1.99. The SMILES string of the molecule is O=C(CCCl)N(Cc1cnc2ccccn12)c1ccccc1. The maximum atomic E-state index is 12.4. The molecule has 2 heterocycles. The molecule has 0 saturated heterocycles. The first-order valence-corrected chi connectivity index (χ1v) is 7.65. The molecule has 0 N–H and O–H groups in total. The highest BCUT2D eigenvalue weighted by atomic mass is 35.5. The molecular formula is C17H16ClN3O. The van der Waals surface area contributed by atoms with Crippen molar-refractivity contribution >= 4 is 28.8 Å². The Morgan fingerprint density at radius 2 is 1.91 bits per heavy atom. The molecule has 0 atom stereocenters. The van der Waals surface area contributed by atoms with E-state index in [0.717, 1.165) is 17.0 Å². The van der Waals surface area contributed by atoms with Crippen molar-refractivity contribution in [3.8, 4) is 0 Å². The molecule has 0 aliphatic heterocycles. The number of fused-ring (bicyclic) bond motifs is 1. The predicted octanol–water partition coefficient (Wildman–Crippen LogP) is 3.50.